The third kappa shape index (κ3) is 4.83. The van der Waals surface area contributed by atoms with Gasteiger partial charge in [0.25, 0.3) is 0 Å². The minimum absolute atomic E-state index is 0.166. The first-order valence-electron chi connectivity index (χ1n) is 8.99. The molecule has 0 radical (unpaired) electrons. The number of nitrogens with zero attached hydrogens (tertiary/aromatic N) is 2. The van der Waals surface area contributed by atoms with Crippen LogP contribution in [0.5, 0.6) is 5.75 Å². The third-order valence-electron chi connectivity index (χ3n) is 4.58. The van der Waals surface area contributed by atoms with Crippen LogP contribution in [0.25, 0.3) is 0 Å². The maximum Gasteiger partial charge on any atom is 0.187 e. The van der Waals surface area contributed by atoms with Crippen molar-refractivity contribution >= 4 is 0 Å². The number of imidazole rings is 1. The summed E-state index contributed by atoms with van der Waals surface area (Å²) in [5.41, 5.74) is 1.25. The molecule has 2 unspecified atom stereocenters. The molecule has 1 aliphatic rings. The lowest BCUT2D eigenvalue weighted by Crippen LogP contribution is -2.36. The molecule has 0 bridgehead atoms. The van der Waals surface area contributed by atoms with Crippen LogP contribution in [-0.4, -0.2) is 35.2 Å². The first-order valence-corrected chi connectivity index (χ1v) is 8.99. The highest BCUT2D eigenvalue weighted by Gasteiger charge is 2.41. The summed E-state index contributed by atoms with van der Waals surface area (Å²) in [6.45, 7) is 5.76. The van der Waals surface area contributed by atoms with Crippen LogP contribution >= 0.6 is 0 Å². The number of methoxy groups -OCH3 is 1. The summed E-state index contributed by atoms with van der Waals surface area (Å²) in [5, 5.41) is 0. The molecule has 2 atom stereocenters. The Morgan fingerprint density at radius 1 is 1.32 bits per heavy atom. The number of hydrogen-bond donors (Lipinski definition) is 0. The lowest BCUT2D eigenvalue weighted by molar-refractivity contribution is -0.183. The maximum absolute atomic E-state index is 6.40. The molecule has 5 nitrogen and oxygen atoms in total. The van der Waals surface area contributed by atoms with Crippen molar-refractivity contribution in [3.05, 3.63) is 48.5 Å². The summed E-state index contributed by atoms with van der Waals surface area (Å²) < 4.78 is 19.9. The summed E-state index contributed by atoms with van der Waals surface area (Å²) >= 11 is 0. The second kappa shape index (κ2) is 8.02. The molecule has 0 amide bonds. The Morgan fingerprint density at radius 3 is 2.76 bits per heavy atom. The fourth-order valence-corrected chi connectivity index (χ4v) is 3.34. The predicted molar refractivity (Wildman–Crippen MR) is 96.6 cm³/mol. The largest absolute Gasteiger partial charge is 0.497 e. The second-order valence-corrected chi connectivity index (χ2v) is 7.17. The molecule has 0 saturated carbocycles. The van der Waals surface area contributed by atoms with Crippen molar-refractivity contribution in [2.75, 3.05) is 13.7 Å². The summed E-state index contributed by atoms with van der Waals surface area (Å²) in [4.78, 5) is 4.14. The van der Waals surface area contributed by atoms with Crippen LogP contribution in [0.15, 0.2) is 43.0 Å². The van der Waals surface area contributed by atoms with Gasteiger partial charge in [-0.1, -0.05) is 26.0 Å². The molecule has 1 aliphatic heterocycles. The SMILES string of the molecule is COc1ccc(CCC2(Cn3ccnc3)OCC(CC(C)C)O2)cc1. The summed E-state index contributed by atoms with van der Waals surface area (Å²) in [7, 11) is 1.68. The van der Waals surface area contributed by atoms with E-state index >= 15 is 0 Å². The molecular weight excluding hydrogens is 316 g/mol. The Labute approximate surface area is 149 Å². The number of aryl methyl sites for hydroxylation is 1. The Kier molecular flexibility index (Phi) is 5.76. The van der Waals surface area contributed by atoms with E-state index in [1.165, 1.54) is 5.56 Å². The van der Waals surface area contributed by atoms with Gasteiger partial charge in [0, 0.05) is 18.8 Å². The van der Waals surface area contributed by atoms with Gasteiger partial charge in [0.1, 0.15) is 5.75 Å². The normalized spacial score (nSPS) is 23.3. The Bertz CT molecular complexity index is 639. The van der Waals surface area contributed by atoms with Crippen LogP contribution in [-0.2, 0) is 22.4 Å². The monoisotopic (exact) mass is 344 g/mol. The average Bonchev–Trinajstić information content (AvgIpc) is 3.24. The number of rotatable bonds is 8. The van der Waals surface area contributed by atoms with Crippen molar-refractivity contribution in [3.63, 3.8) is 0 Å². The number of hydrogen-bond acceptors (Lipinski definition) is 4. The Morgan fingerprint density at radius 2 is 2.12 bits per heavy atom. The van der Waals surface area contributed by atoms with Gasteiger partial charge in [-0.25, -0.2) is 4.98 Å². The second-order valence-electron chi connectivity index (χ2n) is 7.17. The van der Waals surface area contributed by atoms with Gasteiger partial charge >= 0.3 is 0 Å². The zero-order chi connectivity index (χ0) is 17.7. The van der Waals surface area contributed by atoms with Gasteiger partial charge in [-0.15, -0.1) is 0 Å². The van der Waals surface area contributed by atoms with Crippen LogP contribution in [0.3, 0.4) is 0 Å². The van der Waals surface area contributed by atoms with Gasteiger partial charge in [-0.05, 0) is 36.5 Å². The molecule has 2 aromatic rings. The molecule has 25 heavy (non-hydrogen) atoms. The van der Waals surface area contributed by atoms with Gasteiger partial charge < -0.3 is 18.8 Å². The first-order chi connectivity index (χ1) is 12.1. The first kappa shape index (κ1) is 18.0. The molecule has 0 spiro atoms. The van der Waals surface area contributed by atoms with Crippen molar-refractivity contribution < 1.29 is 14.2 Å². The number of ether oxygens (including phenoxy) is 3. The van der Waals surface area contributed by atoms with Crippen molar-refractivity contribution in [2.45, 2.75) is 51.5 Å². The highest BCUT2D eigenvalue weighted by Crippen LogP contribution is 2.33. The topological polar surface area (TPSA) is 45.5 Å². The summed E-state index contributed by atoms with van der Waals surface area (Å²) in [6, 6.07) is 8.19. The van der Waals surface area contributed by atoms with Crippen LogP contribution < -0.4 is 4.74 Å². The minimum Gasteiger partial charge on any atom is -0.497 e. The van der Waals surface area contributed by atoms with Gasteiger partial charge in [0.05, 0.1) is 32.7 Å². The fraction of sp³-hybridized carbons (Fsp3) is 0.550. The molecule has 136 valence electrons. The average molecular weight is 344 g/mol. The molecule has 1 aromatic heterocycles. The van der Waals surface area contributed by atoms with Crippen molar-refractivity contribution in [2.24, 2.45) is 5.92 Å². The van der Waals surface area contributed by atoms with E-state index in [1.807, 2.05) is 29.2 Å². The van der Waals surface area contributed by atoms with Crippen LogP contribution in [0.4, 0.5) is 0 Å². The Hall–Kier alpha value is -1.85. The molecule has 1 saturated heterocycles. The van der Waals surface area contributed by atoms with Crippen LogP contribution in [0, 0.1) is 5.92 Å². The number of aromatic nitrogens is 2. The van der Waals surface area contributed by atoms with E-state index in [0.717, 1.165) is 25.0 Å². The van der Waals surface area contributed by atoms with Gasteiger partial charge in [0.2, 0.25) is 0 Å². The van der Waals surface area contributed by atoms with E-state index < -0.39 is 5.79 Å². The minimum atomic E-state index is -0.583. The number of benzene rings is 1. The maximum atomic E-state index is 6.40. The molecule has 2 heterocycles. The third-order valence-corrected chi connectivity index (χ3v) is 4.58. The van der Waals surface area contributed by atoms with Crippen molar-refractivity contribution in [1.29, 1.82) is 0 Å². The van der Waals surface area contributed by atoms with E-state index in [-0.39, 0.29) is 6.10 Å². The molecule has 1 aromatic carbocycles. The van der Waals surface area contributed by atoms with Gasteiger partial charge in [0.15, 0.2) is 5.79 Å². The molecule has 0 N–H and O–H groups in total. The zero-order valence-corrected chi connectivity index (χ0v) is 15.4. The highest BCUT2D eigenvalue weighted by atomic mass is 16.7. The molecule has 5 heteroatoms. The molecule has 0 aliphatic carbocycles. The highest BCUT2D eigenvalue weighted by molar-refractivity contribution is 5.27. The van der Waals surface area contributed by atoms with E-state index in [0.29, 0.717) is 19.1 Å². The van der Waals surface area contributed by atoms with Crippen LogP contribution in [0.1, 0.15) is 32.3 Å². The van der Waals surface area contributed by atoms with Gasteiger partial charge in [-0.2, -0.15) is 0 Å². The van der Waals surface area contributed by atoms with E-state index in [9.17, 15) is 0 Å². The van der Waals surface area contributed by atoms with E-state index in [2.05, 4.69) is 31.0 Å². The van der Waals surface area contributed by atoms with Crippen molar-refractivity contribution in [3.8, 4) is 5.75 Å². The smallest absolute Gasteiger partial charge is 0.187 e. The fourth-order valence-electron chi connectivity index (χ4n) is 3.34. The summed E-state index contributed by atoms with van der Waals surface area (Å²) in [6.07, 6.45) is 8.46. The standard InChI is InChI=1S/C20H28N2O3/c1-16(2)12-19-13-24-20(25-19,14-22-11-10-21-15-22)9-8-17-4-6-18(23-3)7-5-17/h4-7,10-11,15-16,19H,8-9,12-14H2,1-3H3. The molecule has 3 rings (SSSR count). The van der Waals surface area contributed by atoms with E-state index in [4.69, 9.17) is 14.2 Å². The van der Waals surface area contributed by atoms with E-state index in [1.54, 1.807) is 13.3 Å². The van der Waals surface area contributed by atoms with Crippen molar-refractivity contribution in [1.82, 2.24) is 9.55 Å². The quantitative estimate of drug-likeness (QED) is 0.733. The van der Waals surface area contributed by atoms with Crippen LogP contribution in [0.2, 0.25) is 0 Å². The molecular formula is C20H28N2O3. The van der Waals surface area contributed by atoms with Gasteiger partial charge in [-0.3, -0.25) is 0 Å². The Balaban J connectivity index is 1.68. The molecule has 1 fully saturated rings. The lowest BCUT2D eigenvalue weighted by atomic mass is 10.0. The predicted octanol–water partition coefficient (Wildman–Crippen LogP) is 3.68. The summed E-state index contributed by atoms with van der Waals surface area (Å²) in [5.74, 6) is 0.890. The zero-order valence-electron chi connectivity index (χ0n) is 15.4. The lowest BCUT2D eigenvalue weighted by Gasteiger charge is -2.29.